The molecule has 3 heterocycles. The fraction of sp³-hybridized carbons (Fsp3) is 0.381. The molecule has 34 heavy (non-hydrogen) atoms. The molecule has 0 radical (unpaired) electrons. The number of likely N-dealkylation sites (N-methyl/N-ethyl adjacent to an activating group) is 1. The summed E-state index contributed by atoms with van der Waals surface area (Å²) in [7, 11) is 3.44. The standard InChI is InChI=1S/C21H24F2N8O2S/c1-31(2)16(13-5-3-6-14(11-13)33-18(22)23)17(32)26-19-29-30-20(34-19)27-21(8-10-24-12-21)15-7-4-9-25-28-15/h3-7,9,11,16,18,24H,8,10,12H2,1-2H3,(H,27,30)(H,26,29,32)/t16-,21-/m1/s1. The number of anilines is 2. The Labute approximate surface area is 198 Å². The van der Waals surface area contributed by atoms with Crippen LogP contribution in [0.2, 0.25) is 0 Å². The van der Waals surface area contributed by atoms with Crippen molar-refractivity contribution in [1.82, 2.24) is 30.6 Å². The number of alkyl halides is 2. The number of aromatic nitrogens is 4. The van der Waals surface area contributed by atoms with Gasteiger partial charge in [0.1, 0.15) is 11.8 Å². The van der Waals surface area contributed by atoms with E-state index in [4.69, 9.17) is 0 Å². The number of hydrogen-bond donors (Lipinski definition) is 3. The highest BCUT2D eigenvalue weighted by molar-refractivity contribution is 7.19. The van der Waals surface area contributed by atoms with Gasteiger partial charge in [-0.15, -0.1) is 10.2 Å². The van der Waals surface area contributed by atoms with Crippen molar-refractivity contribution in [3.63, 3.8) is 0 Å². The average Bonchev–Trinajstić information content (AvgIpc) is 3.44. The molecule has 13 heteroatoms. The molecule has 3 aromatic rings. The number of nitrogens with zero attached hydrogens (tertiary/aromatic N) is 5. The minimum absolute atomic E-state index is 0.0194. The largest absolute Gasteiger partial charge is 0.435 e. The first-order valence-electron chi connectivity index (χ1n) is 10.5. The molecule has 180 valence electrons. The van der Waals surface area contributed by atoms with Crippen LogP contribution in [0.5, 0.6) is 5.75 Å². The zero-order valence-electron chi connectivity index (χ0n) is 18.5. The highest BCUT2D eigenvalue weighted by atomic mass is 32.1. The summed E-state index contributed by atoms with van der Waals surface area (Å²) >= 11 is 1.19. The monoisotopic (exact) mass is 490 g/mol. The second kappa shape index (κ2) is 10.3. The fourth-order valence-corrected chi connectivity index (χ4v) is 4.63. The quantitative estimate of drug-likeness (QED) is 0.416. The van der Waals surface area contributed by atoms with E-state index in [0.29, 0.717) is 22.4 Å². The van der Waals surface area contributed by atoms with Crippen molar-refractivity contribution in [3.8, 4) is 5.75 Å². The summed E-state index contributed by atoms with van der Waals surface area (Å²) in [6.07, 6.45) is 2.40. The number of rotatable bonds is 9. The van der Waals surface area contributed by atoms with Crippen molar-refractivity contribution in [2.75, 3.05) is 37.8 Å². The molecule has 2 atom stereocenters. The van der Waals surface area contributed by atoms with Gasteiger partial charge in [-0.25, -0.2) is 0 Å². The van der Waals surface area contributed by atoms with Crippen LogP contribution >= 0.6 is 11.3 Å². The maximum atomic E-state index is 13.1. The molecule has 1 aliphatic rings. The summed E-state index contributed by atoms with van der Waals surface area (Å²) < 4.78 is 29.7. The van der Waals surface area contributed by atoms with E-state index in [2.05, 4.69) is 41.1 Å². The summed E-state index contributed by atoms with van der Waals surface area (Å²) in [5.74, 6) is -0.401. The van der Waals surface area contributed by atoms with Crippen molar-refractivity contribution in [2.24, 2.45) is 0 Å². The first-order valence-corrected chi connectivity index (χ1v) is 11.3. The van der Waals surface area contributed by atoms with Gasteiger partial charge >= 0.3 is 6.61 Å². The SMILES string of the molecule is CN(C)[C@@H](C(=O)Nc1nnc(N[C@]2(c3cccnn3)CCNC2)s1)c1cccc(OC(F)F)c1. The lowest BCUT2D eigenvalue weighted by Gasteiger charge is -2.27. The average molecular weight is 491 g/mol. The Bertz CT molecular complexity index is 1110. The van der Waals surface area contributed by atoms with Crippen LogP contribution in [0.3, 0.4) is 0 Å². The normalized spacial score (nSPS) is 18.8. The Morgan fingerprint density at radius 1 is 1.21 bits per heavy atom. The number of halogens is 2. The van der Waals surface area contributed by atoms with Crippen LogP contribution in [0.25, 0.3) is 0 Å². The van der Waals surface area contributed by atoms with Gasteiger partial charge in [0.25, 0.3) is 0 Å². The lowest BCUT2D eigenvalue weighted by molar-refractivity contribution is -0.120. The van der Waals surface area contributed by atoms with Gasteiger partial charge in [0, 0.05) is 12.7 Å². The number of hydrogen-bond acceptors (Lipinski definition) is 10. The van der Waals surface area contributed by atoms with Gasteiger partial charge < -0.3 is 15.4 Å². The fourth-order valence-electron chi connectivity index (χ4n) is 3.89. The molecule has 0 bridgehead atoms. The zero-order valence-corrected chi connectivity index (χ0v) is 19.4. The van der Waals surface area contributed by atoms with Gasteiger partial charge in [0.15, 0.2) is 0 Å². The summed E-state index contributed by atoms with van der Waals surface area (Å²) in [4.78, 5) is 14.7. The highest BCUT2D eigenvalue weighted by Crippen LogP contribution is 2.33. The second-order valence-corrected chi connectivity index (χ2v) is 8.94. The number of amides is 1. The molecular weight excluding hydrogens is 466 g/mol. The summed E-state index contributed by atoms with van der Waals surface area (Å²) in [6, 6.07) is 9.04. The van der Waals surface area contributed by atoms with E-state index in [1.807, 2.05) is 12.1 Å². The molecule has 1 fully saturated rings. The number of benzene rings is 1. The Kier molecular flexibility index (Phi) is 7.24. The van der Waals surface area contributed by atoms with Gasteiger partial charge in [0.2, 0.25) is 16.2 Å². The van der Waals surface area contributed by atoms with Crippen molar-refractivity contribution in [3.05, 3.63) is 53.9 Å². The number of carbonyl (C=O) groups excluding carboxylic acids is 1. The molecule has 10 nitrogen and oxygen atoms in total. The van der Waals surface area contributed by atoms with Gasteiger partial charge in [-0.05, 0) is 56.9 Å². The third kappa shape index (κ3) is 5.43. The van der Waals surface area contributed by atoms with E-state index in [-0.39, 0.29) is 11.7 Å². The third-order valence-electron chi connectivity index (χ3n) is 5.38. The minimum atomic E-state index is -2.95. The number of ether oxygens (including phenoxy) is 1. The van der Waals surface area contributed by atoms with Gasteiger partial charge in [-0.1, -0.05) is 23.5 Å². The maximum Gasteiger partial charge on any atom is 0.387 e. The Morgan fingerprint density at radius 2 is 2.03 bits per heavy atom. The summed E-state index contributed by atoms with van der Waals surface area (Å²) in [5.41, 5.74) is 0.813. The molecule has 1 aromatic carbocycles. The summed E-state index contributed by atoms with van der Waals surface area (Å²) in [6.45, 7) is -1.49. The van der Waals surface area contributed by atoms with Crippen molar-refractivity contribution in [1.29, 1.82) is 0 Å². The van der Waals surface area contributed by atoms with Gasteiger partial charge in [0.05, 0.1) is 11.2 Å². The Balaban J connectivity index is 1.49. The van der Waals surface area contributed by atoms with E-state index in [1.54, 1.807) is 37.3 Å². The topological polar surface area (TPSA) is 117 Å². The predicted molar refractivity (Wildman–Crippen MR) is 123 cm³/mol. The van der Waals surface area contributed by atoms with Crippen LogP contribution < -0.4 is 20.7 Å². The molecule has 1 aliphatic heterocycles. The van der Waals surface area contributed by atoms with Crippen molar-refractivity contribution >= 4 is 27.5 Å². The Hall–Kier alpha value is -3.29. The van der Waals surface area contributed by atoms with Crippen LogP contribution in [0.1, 0.15) is 23.7 Å². The molecule has 0 aliphatic carbocycles. The highest BCUT2D eigenvalue weighted by Gasteiger charge is 2.38. The van der Waals surface area contributed by atoms with E-state index in [0.717, 1.165) is 18.7 Å². The number of carbonyl (C=O) groups is 1. The minimum Gasteiger partial charge on any atom is -0.435 e. The van der Waals surface area contributed by atoms with Crippen LogP contribution in [0.4, 0.5) is 19.0 Å². The maximum absolute atomic E-state index is 13.1. The predicted octanol–water partition coefficient (Wildman–Crippen LogP) is 2.47. The van der Waals surface area contributed by atoms with E-state index in [1.165, 1.54) is 23.5 Å². The van der Waals surface area contributed by atoms with E-state index < -0.39 is 18.2 Å². The van der Waals surface area contributed by atoms with Crippen LogP contribution in [0.15, 0.2) is 42.6 Å². The van der Waals surface area contributed by atoms with E-state index in [9.17, 15) is 13.6 Å². The van der Waals surface area contributed by atoms with E-state index >= 15 is 0 Å². The first-order chi connectivity index (χ1) is 16.4. The molecule has 4 rings (SSSR count). The van der Waals surface area contributed by atoms with Gasteiger partial charge in [-0.2, -0.15) is 19.0 Å². The molecule has 0 unspecified atom stereocenters. The van der Waals surface area contributed by atoms with Crippen LogP contribution in [-0.4, -0.2) is 65.0 Å². The first kappa shape index (κ1) is 23.9. The Morgan fingerprint density at radius 3 is 2.71 bits per heavy atom. The molecule has 1 amide bonds. The van der Waals surface area contributed by atoms with Crippen molar-refractivity contribution < 1.29 is 18.3 Å². The second-order valence-electron chi connectivity index (χ2n) is 7.96. The zero-order chi connectivity index (χ0) is 24.1. The molecular formula is C21H24F2N8O2S. The molecule has 0 saturated carbocycles. The lowest BCUT2D eigenvalue weighted by Crippen LogP contribution is -2.38. The third-order valence-corrected chi connectivity index (χ3v) is 6.14. The molecule has 2 aromatic heterocycles. The van der Waals surface area contributed by atoms with Crippen LogP contribution in [-0.2, 0) is 10.3 Å². The molecule has 0 spiro atoms. The summed E-state index contributed by atoms with van der Waals surface area (Å²) in [5, 5.41) is 26.8. The van der Waals surface area contributed by atoms with Gasteiger partial charge in [-0.3, -0.25) is 15.0 Å². The molecule has 1 saturated heterocycles. The number of nitrogens with one attached hydrogen (secondary N) is 3. The van der Waals surface area contributed by atoms with Crippen LogP contribution in [0, 0.1) is 0 Å². The molecule has 3 N–H and O–H groups in total. The lowest BCUT2D eigenvalue weighted by atomic mass is 9.94. The van der Waals surface area contributed by atoms with Crippen molar-refractivity contribution in [2.45, 2.75) is 24.6 Å². The smallest absolute Gasteiger partial charge is 0.387 e.